The number of para-hydroxylation sites is 3. The van der Waals surface area contributed by atoms with Crippen LogP contribution in [-0.4, -0.2) is 4.98 Å². The van der Waals surface area contributed by atoms with Crippen molar-refractivity contribution in [3.05, 3.63) is 66.6 Å². The van der Waals surface area contributed by atoms with Gasteiger partial charge < -0.3 is 9.15 Å². The Hall–Kier alpha value is -2.75. The summed E-state index contributed by atoms with van der Waals surface area (Å²) in [6.07, 6.45) is 0. The maximum atomic E-state index is 5.64. The Bertz CT molecular complexity index is 729. The van der Waals surface area contributed by atoms with Crippen LogP contribution >= 0.6 is 0 Å². The molecule has 0 saturated carbocycles. The highest BCUT2D eigenvalue weighted by Gasteiger charge is 2.07. The summed E-state index contributed by atoms with van der Waals surface area (Å²) in [5.41, 5.74) is 2.55. The molecular formula is C16H14N2O2. The number of oxazole rings is 1. The lowest BCUT2D eigenvalue weighted by Crippen LogP contribution is -2.06. The summed E-state index contributed by atoms with van der Waals surface area (Å²) in [5, 5.41) is 2.91. The van der Waals surface area contributed by atoms with Crippen LogP contribution < -0.4 is 10.1 Å². The number of nitrogens with zero attached hydrogens (tertiary/aromatic N) is 1. The molecule has 4 heteroatoms. The smallest absolute Gasteiger partial charge is 0.302 e. The number of benzene rings is 2. The minimum absolute atomic E-state index is 0.366. The lowest BCUT2D eigenvalue weighted by atomic mass is 10.2. The van der Waals surface area contributed by atoms with Crippen LogP contribution in [0.25, 0.3) is 11.1 Å². The molecule has 0 aliphatic heterocycles. The predicted molar refractivity (Wildman–Crippen MR) is 78.6 cm³/mol. The van der Waals surface area contributed by atoms with Gasteiger partial charge in [-0.25, -0.2) is 0 Å². The van der Waals surface area contributed by atoms with Crippen molar-refractivity contribution < 1.29 is 9.15 Å². The summed E-state index contributed by atoms with van der Waals surface area (Å²) in [4.78, 5) is 4.30. The Morgan fingerprint density at radius 1 is 1.15 bits per heavy atom. The van der Waals surface area contributed by atoms with E-state index in [9.17, 15) is 0 Å². The Labute approximate surface area is 116 Å². The molecule has 100 valence electrons. The monoisotopic (exact) mass is 266 g/mol. The third-order valence-electron chi connectivity index (χ3n) is 2.87. The number of rotatable bonds is 4. The first-order valence-corrected chi connectivity index (χ1v) is 6.27. The lowest BCUT2D eigenvalue weighted by Gasteiger charge is -2.10. The van der Waals surface area contributed by atoms with Gasteiger partial charge in [0.1, 0.15) is 11.3 Å². The number of nitrogens with one attached hydrogen (secondary N) is 1. The van der Waals surface area contributed by atoms with Gasteiger partial charge in [-0.05, 0) is 37.3 Å². The van der Waals surface area contributed by atoms with Crippen LogP contribution in [0.4, 0.5) is 6.01 Å². The predicted octanol–water partition coefficient (Wildman–Crippen LogP) is 4.10. The standard InChI is InChI=1S/C16H14N2O2/c1-11-7-3-5-9-14(11)19-12(2)17-16-18-13-8-4-6-10-15(13)20-16/h3-10H,2H2,1H3,(H,17,18). The molecule has 0 aliphatic rings. The third-order valence-corrected chi connectivity index (χ3v) is 2.87. The van der Waals surface area contributed by atoms with Crippen molar-refractivity contribution in [2.75, 3.05) is 5.32 Å². The van der Waals surface area contributed by atoms with E-state index in [0.717, 1.165) is 22.4 Å². The third kappa shape index (κ3) is 2.49. The molecule has 0 radical (unpaired) electrons. The molecule has 2 aromatic carbocycles. The maximum Gasteiger partial charge on any atom is 0.302 e. The number of ether oxygens (including phenoxy) is 1. The number of anilines is 1. The second-order valence-electron chi connectivity index (χ2n) is 4.40. The van der Waals surface area contributed by atoms with Crippen molar-refractivity contribution in [3.8, 4) is 5.75 Å². The minimum atomic E-state index is 0.366. The fourth-order valence-corrected chi connectivity index (χ4v) is 1.87. The molecule has 20 heavy (non-hydrogen) atoms. The highest BCUT2D eigenvalue weighted by molar-refractivity contribution is 5.74. The van der Waals surface area contributed by atoms with Crippen molar-refractivity contribution in [1.29, 1.82) is 0 Å². The van der Waals surface area contributed by atoms with E-state index in [4.69, 9.17) is 9.15 Å². The zero-order chi connectivity index (χ0) is 13.9. The van der Waals surface area contributed by atoms with Crippen molar-refractivity contribution in [2.24, 2.45) is 0 Å². The van der Waals surface area contributed by atoms with Crippen molar-refractivity contribution in [3.63, 3.8) is 0 Å². The molecule has 0 bridgehead atoms. The Balaban J connectivity index is 1.74. The average molecular weight is 266 g/mol. The molecule has 3 rings (SSSR count). The number of aromatic nitrogens is 1. The molecule has 0 aliphatic carbocycles. The summed E-state index contributed by atoms with van der Waals surface area (Å²) in [7, 11) is 0. The molecule has 1 aromatic heterocycles. The first-order chi connectivity index (χ1) is 9.72. The van der Waals surface area contributed by atoms with E-state index in [2.05, 4.69) is 16.9 Å². The number of hydrogen-bond donors (Lipinski definition) is 1. The second-order valence-corrected chi connectivity index (χ2v) is 4.40. The molecular weight excluding hydrogens is 252 g/mol. The van der Waals surface area contributed by atoms with Crippen LogP contribution in [0.2, 0.25) is 0 Å². The molecule has 1 heterocycles. The zero-order valence-electron chi connectivity index (χ0n) is 11.1. The van der Waals surface area contributed by atoms with E-state index in [1.807, 2.05) is 55.5 Å². The molecule has 1 N–H and O–H groups in total. The SMILES string of the molecule is C=C(Nc1nc2ccccc2o1)Oc1ccccc1C. The fraction of sp³-hybridized carbons (Fsp3) is 0.0625. The zero-order valence-corrected chi connectivity index (χ0v) is 11.1. The van der Waals surface area contributed by atoms with Crippen LogP contribution in [-0.2, 0) is 0 Å². The van der Waals surface area contributed by atoms with Crippen LogP contribution in [0.3, 0.4) is 0 Å². The molecule has 3 aromatic rings. The van der Waals surface area contributed by atoms with Crippen molar-refractivity contribution in [2.45, 2.75) is 6.92 Å². The van der Waals surface area contributed by atoms with Crippen LogP contribution in [0.1, 0.15) is 5.56 Å². The van der Waals surface area contributed by atoms with Gasteiger partial charge in [0.15, 0.2) is 11.5 Å². The van der Waals surface area contributed by atoms with Crippen LogP contribution in [0.15, 0.2) is 65.4 Å². The molecule has 0 fully saturated rings. The van der Waals surface area contributed by atoms with Gasteiger partial charge in [-0.15, -0.1) is 0 Å². The molecule has 4 nitrogen and oxygen atoms in total. The maximum absolute atomic E-state index is 5.64. The van der Waals surface area contributed by atoms with Gasteiger partial charge in [0.05, 0.1) is 0 Å². The second kappa shape index (κ2) is 5.09. The first-order valence-electron chi connectivity index (χ1n) is 6.27. The minimum Gasteiger partial charge on any atom is -0.441 e. The van der Waals surface area contributed by atoms with E-state index >= 15 is 0 Å². The Morgan fingerprint density at radius 2 is 1.90 bits per heavy atom. The number of fused-ring (bicyclic) bond motifs is 1. The molecule has 0 spiro atoms. The molecule has 0 amide bonds. The molecule has 0 unspecified atom stereocenters. The quantitative estimate of drug-likeness (QED) is 0.722. The van der Waals surface area contributed by atoms with Crippen LogP contribution in [0.5, 0.6) is 5.75 Å². The summed E-state index contributed by atoms with van der Waals surface area (Å²) in [6.45, 7) is 5.80. The highest BCUT2D eigenvalue weighted by Crippen LogP contribution is 2.22. The average Bonchev–Trinajstić information content (AvgIpc) is 2.83. The van der Waals surface area contributed by atoms with E-state index in [1.165, 1.54) is 0 Å². The summed E-state index contributed by atoms with van der Waals surface area (Å²) >= 11 is 0. The first kappa shape index (κ1) is 12.3. The van der Waals surface area contributed by atoms with Gasteiger partial charge in [-0.2, -0.15) is 4.98 Å². The van der Waals surface area contributed by atoms with Gasteiger partial charge in [-0.3, -0.25) is 5.32 Å². The van der Waals surface area contributed by atoms with Gasteiger partial charge in [0.25, 0.3) is 0 Å². The van der Waals surface area contributed by atoms with Crippen LogP contribution in [0, 0.1) is 6.92 Å². The normalized spacial score (nSPS) is 10.4. The van der Waals surface area contributed by atoms with Gasteiger partial charge >= 0.3 is 6.01 Å². The van der Waals surface area contributed by atoms with E-state index in [1.54, 1.807) is 0 Å². The van der Waals surface area contributed by atoms with Gasteiger partial charge in [0.2, 0.25) is 0 Å². The van der Waals surface area contributed by atoms with Gasteiger partial charge in [-0.1, -0.05) is 30.3 Å². The molecule has 0 saturated heterocycles. The highest BCUT2D eigenvalue weighted by atomic mass is 16.5. The van der Waals surface area contributed by atoms with Gasteiger partial charge in [0, 0.05) is 0 Å². The van der Waals surface area contributed by atoms with E-state index in [0.29, 0.717) is 11.9 Å². The van der Waals surface area contributed by atoms with E-state index < -0.39 is 0 Å². The number of hydrogen-bond acceptors (Lipinski definition) is 4. The summed E-state index contributed by atoms with van der Waals surface area (Å²) in [6, 6.07) is 15.6. The Kier molecular flexibility index (Phi) is 3.13. The van der Waals surface area contributed by atoms with Crippen molar-refractivity contribution in [1.82, 2.24) is 4.98 Å². The number of aryl methyl sites for hydroxylation is 1. The fourth-order valence-electron chi connectivity index (χ4n) is 1.87. The largest absolute Gasteiger partial charge is 0.441 e. The summed E-state index contributed by atoms with van der Waals surface area (Å²) in [5.74, 6) is 1.12. The van der Waals surface area contributed by atoms with E-state index in [-0.39, 0.29) is 0 Å². The van der Waals surface area contributed by atoms with Crippen molar-refractivity contribution >= 4 is 17.1 Å². The lowest BCUT2D eigenvalue weighted by molar-refractivity contribution is 0.426. The molecule has 0 atom stereocenters. The topological polar surface area (TPSA) is 47.3 Å². The summed E-state index contributed by atoms with van der Waals surface area (Å²) < 4.78 is 11.2. The Morgan fingerprint density at radius 3 is 2.70 bits per heavy atom.